The number of anilines is 1. The highest BCUT2D eigenvalue weighted by Gasteiger charge is 2.17. The molecule has 0 spiro atoms. The van der Waals surface area contributed by atoms with Crippen LogP contribution in [0.5, 0.6) is 0 Å². The lowest BCUT2D eigenvalue weighted by molar-refractivity contribution is 0.0959. The molecule has 2 aromatic heterocycles. The lowest BCUT2D eigenvalue weighted by Crippen LogP contribution is -2.23. The number of rotatable bonds is 4. The van der Waals surface area contributed by atoms with Crippen molar-refractivity contribution in [3.05, 3.63) is 34.9 Å². The lowest BCUT2D eigenvalue weighted by atomic mass is 10.2. The van der Waals surface area contributed by atoms with Gasteiger partial charge in [-0.3, -0.25) is 4.79 Å². The van der Waals surface area contributed by atoms with Gasteiger partial charge in [0.2, 0.25) is 0 Å². The maximum absolute atomic E-state index is 12.1. The Morgan fingerprint density at radius 3 is 3.05 bits per heavy atom. The predicted molar refractivity (Wildman–Crippen MR) is 80.5 cm³/mol. The van der Waals surface area contributed by atoms with E-state index in [1.807, 2.05) is 32.1 Å². The van der Waals surface area contributed by atoms with E-state index in [9.17, 15) is 4.79 Å². The summed E-state index contributed by atoms with van der Waals surface area (Å²) in [5.41, 5.74) is 7.65. The number of nitrogen functional groups attached to an aromatic ring is 1. The number of thiophene rings is 1. The molecule has 0 bridgehead atoms. The maximum Gasteiger partial charge on any atom is 0.263 e. The summed E-state index contributed by atoms with van der Waals surface area (Å²) in [6, 6.07) is 1.90. The Balaban J connectivity index is 2.23. The highest BCUT2D eigenvalue weighted by atomic mass is 32.1. The number of aryl methyl sites for hydroxylation is 1. The number of aromatic nitrogens is 1. The Morgan fingerprint density at radius 2 is 2.37 bits per heavy atom. The third-order valence-corrected chi connectivity index (χ3v) is 3.99. The monoisotopic (exact) mass is 275 g/mol. The van der Waals surface area contributed by atoms with Gasteiger partial charge in [-0.05, 0) is 31.9 Å². The predicted octanol–water partition coefficient (Wildman–Crippen LogP) is 2.88. The Bertz CT molecular complexity index is 631. The second-order valence-electron chi connectivity index (χ2n) is 4.27. The van der Waals surface area contributed by atoms with Crippen molar-refractivity contribution in [2.24, 2.45) is 0 Å². The summed E-state index contributed by atoms with van der Waals surface area (Å²) in [5, 5.41) is 3.76. The van der Waals surface area contributed by atoms with E-state index < -0.39 is 0 Å². The first kappa shape index (κ1) is 13.5. The molecule has 2 heterocycles. The molecule has 0 aliphatic rings. The molecule has 0 saturated carbocycles. The van der Waals surface area contributed by atoms with Crippen LogP contribution < -0.4 is 11.1 Å². The summed E-state index contributed by atoms with van der Waals surface area (Å²) in [4.78, 5) is 17.7. The van der Waals surface area contributed by atoms with Crippen molar-refractivity contribution in [2.45, 2.75) is 20.3 Å². The third-order valence-electron chi connectivity index (χ3n) is 2.88. The second kappa shape index (κ2) is 5.84. The Kier molecular flexibility index (Phi) is 4.16. The molecule has 2 aromatic rings. The fourth-order valence-corrected chi connectivity index (χ4v) is 2.94. The van der Waals surface area contributed by atoms with Gasteiger partial charge >= 0.3 is 0 Å². The maximum atomic E-state index is 12.1. The van der Waals surface area contributed by atoms with Crippen LogP contribution in [-0.2, 0) is 0 Å². The minimum absolute atomic E-state index is 0.121. The van der Waals surface area contributed by atoms with Crippen molar-refractivity contribution < 1.29 is 4.79 Å². The molecule has 0 atom stereocenters. The number of hydrogen-bond donors (Lipinski definition) is 2. The minimum atomic E-state index is -0.121. The summed E-state index contributed by atoms with van der Waals surface area (Å²) >= 11 is 1.34. The standard InChI is InChI=1S/C14H17N3OS/c1-3-4-5-7-16-13(18)12-11(15)10-9(2)6-8-17-14(10)19-12/h3-4,6,8H,5,7,15H2,1-2H3,(H,16,18)/b4-3+. The fraction of sp³-hybridized carbons (Fsp3) is 0.286. The molecule has 3 N–H and O–H groups in total. The highest BCUT2D eigenvalue weighted by Crippen LogP contribution is 2.34. The van der Waals surface area contributed by atoms with Gasteiger partial charge in [0.05, 0.1) is 5.69 Å². The van der Waals surface area contributed by atoms with Gasteiger partial charge in [-0.15, -0.1) is 11.3 Å². The zero-order chi connectivity index (χ0) is 13.8. The van der Waals surface area contributed by atoms with Gasteiger partial charge in [0.25, 0.3) is 5.91 Å². The first-order valence-corrected chi connectivity index (χ1v) is 6.99. The zero-order valence-corrected chi connectivity index (χ0v) is 11.9. The van der Waals surface area contributed by atoms with Gasteiger partial charge < -0.3 is 11.1 Å². The van der Waals surface area contributed by atoms with Crippen LogP contribution >= 0.6 is 11.3 Å². The number of nitrogens with two attached hydrogens (primary N) is 1. The topological polar surface area (TPSA) is 68.0 Å². The zero-order valence-electron chi connectivity index (χ0n) is 11.1. The average Bonchev–Trinajstić information content (AvgIpc) is 2.73. The van der Waals surface area contributed by atoms with Crippen LogP contribution in [0.15, 0.2) is 24.4 Å². The number of carbonyl (C=O) groups excluding carboxylic acids is 1. The van der Waals surface area contributed by atoms with Gasteiger partial charge in [0, 0.05) is 18.1 Å². The van der Waals surface area contributed by atoms with Crippen molar-refractivity contribution in [3.8, 4) is 0 Å². The van der Waals surface area contributed by atoms with Gasteiger partial charge in [0.1, 0.15) is 9.71 Å². The van der Waals surface area contributed by atoms with Crippen LogP contribution in [0.25, 0.3) is 10.2 Å². The number of carbonyl (C=O) groups is 1. The average molecular weight is 275 g/mol. The fourth-order valence-electron chi connectivity index (χ4n) is 1.89. The van der Waals surface area contributed by atoms with E-state index in [0.29, 0.717) is 17.1 Å². The normalized spacial score (nSPS) is 11.3. The van der Waals surface area contributed by atoms with E-state index in [1.165, 1.54) is 11.3 Å². The summed E-state index contributed by atoms with van der Waals surface area (Å²) in [6.07, 6.45) is 6.54. The van der Waals surface area contributed by atoms with Crippen LogP contribution in [0.2, 0.25) is 0 Å². The van der Waals surface area contributed by atoms with Crippen LogP contribution in [0.4, 0.5) is 5.69 Å². The Hall–Kier alpha value is -1.88. The number of nitrogens with zero attached hydrogens (tertiary/aromatic N) is 1. The third kappa shape index (κ3) is 2.76. The SMILES string of the molecule is C/C=C/CCNC(=O)c1sc2nccc(C)c2c1N. The van der Waals surface area contributed by atoms with Gasteiger partial charge in [-0.2, -0.15) is 0 Å². The molecule has 0 radical (unpaired) electrons. The molecule has 4 nitrogen and oxygen atoms in total. The van der Waals surface area contributed by atoms with E-state index in [0.717, 1.165) is 22.2 Å². The van der Waals surface area contributed by atoms with Crippen molar-refractivity contribution in [1.82, 2.24) is 10.3 Å². The summed E-state index contributed by atoms with van der Waals surface area (Å²) in [7, 11) is 0. The molecule has 19 heavy (non-hydrogen) atoms. The number of fused-ring (bicyclic) bond motifs is 1. The number of hydrogen-bond acceptors (Lipinski definition) is 4. The van der Waals surface area contributed by atoms with Crippen LogP contribution in [0.3, 0.4) is 0 Å². The van der Waals surface area contributed by atoms with E-state index >= 15 is 0 Å². The summed E-state index contributed by atoms with van der Waals surface area (Å²) in [5.74, 6) is -0.121. The van der Waals surface area contributed by atoms with Gasteiger partial charge in [0.15, 0.2) is 0 Å². The molecule has 0 aromatic carbocycles. The van der Waals surface area contributed by atoms with Crippen molar-refractivity contribution >= 4 is 33.1 Å². The largest absolute Gasteiger partial charge is 0.397 e. The van der Waals surface area contributed by atoms with Crippen LogP contribution in [0.1, 0.15) is 28.6 Å². The molecule has 0 aliphatic heterocycles. The molecule has 0 fully saturated rings. The second-order valence-corrected chi connectivity index (χ2v) is 5.27. The molecule has 5 heteroatoms. The quantitative estimate of drug-likeness (QED) is 0.666. The first-order valence-electron chi connectivity index (χ1n) is 6.18. The van der Waals surface area contributed by atoms with E-state index in [2.05, 4.69) is 10.3 Å². The Labute approximate surface area is 116 Å². The number of pyridine rings is 1. The van der Waals surface area contributed by atoms with E-state index in [4.69, 9.17) is 5.73 Å². The molecular formula is C14H17N3OS. The molecule has 0 saturated heterocycles. The number of allylic oxidation sites excluding steroid dienone is 1. The number of nitrogens with one attached hydrogen (secondary N) is 1. The first-order chi connectivity index (χ1) is 9.15. The molecule has 0 unspecified atom stereocenters. The Morgan fingerprint density at radius 1 is 1.58 bits per heavy atom. The lowest BCUT2D eigenvalue weighted by Gasteiger charge is -2.02. The van der Waals surface area contributed by atoms with Crippen molar-refractivity contribution in [1.29, 1.82) is 0 Å². The van der Waals surface area contributed by atoms with Crippen molar-refractivity contribution in [2.75, 3.05) is 12.3 Å². The van der Waals surface area contributed by atoms with Crippen LogP contribution in [0, 0.1) is 6.92 Å². The van der Waals surface area contributed by atoms with Gasteiger partial charge in [-0.1, -0.05) is 12.2 Å². The van der Waals surface area contributed by atoms with E-state index in [-0.39, 0.29) is 5.91 Å². The molecule has 1 amide bonds. The minimum Gasteiger partial charge on any atom is -0.397 e. The van der Waals surface area contributed by atoms with Crippen LogP contribution in [-0.4, -0.2) is 17.4 Å². The van der Waals surface area contributed by atoms with Gasteiger partial charge in [-0.25, -0.2) is 4.98 Å². The summed E-state index contributed by atoms with van der Waals surface area (Å²) in [6.45, 7) is 4.55. The van der Waals surface area contributed by atoms with E-state index in [1.54, 1.807) is 6.20 Å². The smallest absolute Gasteiger partial charge is 0.263 e. The summed E-state index contributed by atoms with van der Waals surface area (Å²) < 4.78 is 0. The molecular weight excluding hydrogens is 258 g/mol. The molecule has 100 valence electrons. The van der Waals surface area contributed by atoms with Crippen molar-refractivity contribution in [3.63, 3.8) is 0 Å². The molecule has 2 rings (SSSR count). The number of amides is 1. The molecule has 0 aliphatic carbocycles. The highest BCUT2D eigenvalue weighted by molar-refractivity contribution is 7.21.